The Morgan fingerprint density at radius 3 is 2.58 bits per heavy atom. The first kappa shape index (κ1) is 17.9. The largest absolute Gasteiger partial charge is 0.497 e. The third-order valence-corrected chi connectivity index (χ3v) is 4.35. The fourth-order valence-electron chi connectivity index (χ4n) is 2.86. The minimum absolute atomic E-state index is 0.0380. The Morgan fingerprint density at radius 2 is 1.88 bits per heavy atom. The maximum absolute atomic E-state index is 13.1. The lowest BCUT2D eigenvalue weighted by atomic mass is 10.0. The molecular formula is C20H22FN3O2. The number of rotatable bonds is 7. The van der Waals surface area contributed by atoms with Gasteiger partial charge in [-0.2, -0.15) is 5.10 Å². The summed E-state index contributed by atoms with van der Waals surface area (Å²) in [5.74, 6) is 1.33. The molecule has 2 aromatic carbocycles. The molecule has 0 amide bonds. The highest BCUT2D eigenvalue weighted by molar-refractivity contribution is 5.62. The molecule has 0 bridgehead atoms. The third-order valence-electron chi connectivity index (χ3n) is 4.35. The predicted molar refractivity (Wildman–Crippen MR) is 98.8 cm³/mol. The van der Waals surface area contributed by atoms with Crippen molar-refractivity contribution in [2.45, 2.75) is 19.5 Å². The van der Waals surface area contributed by atoms with E-state index in [0.717, 1.165) is 33.9 Å². The molecule has 3 aromatic rings. The van der Waals surface area contributed by atoms with E-state index in [0.29, 0.717) is 6.54 Å². The van der Waals surface area contributed by atoms with Crippen LogP contribution in [0.1, 0.15) is 24.1 Å². The predicted octanol–water partition coefficient (Wildman–Crippen LogP) is 4.08. The van der Waals surface area contributed by atoms with Gasteiger partial charge in [-0.15, -0.1) is 0 Å². The van der Waals surface area contributed by atoms with Gasteiger partial charge in [0, 0.05) is 29.3 Å². The monoisotopic (exact) mass is 355 g/mol. The zero-order valence-electron chi connectivity index (χ0n) is 15.0. The average molecular weight is 355 g/mol. The number of hydrogen-bond acceptors (Lipinski definition) is 4. The van der Waals surface area contributed by atoms with E-state index in [-0.39, 0.29) is 11.9 Å². The SMILES string of the molecule is COc1ccc(OC)c(C(C)NCc2cn[nH]c2-c2ccc(F)cc2)c1. The molecule has 5 nitrogen and oxygen atoms in total. The van der Waals surface area contributed by atoms with Gasteiger partial charge in [-0.25, -0.2) is 4.39 Å². The van der Waals surface area contributed by atoms with E-state index >= 15 is 0 Å². The van der Waals surface area contributed by atoms with Gasteiger partial charge < -0.3 is 14.8 Å². The standard InChI is InChI=1S/C20H22FN3O2/c1-13(18-10-17(25-2)8-9-19(18)26-3)22-11-15-12-23-24-20(15)14-4-6-16(21)7-5-14/h4-10,12-13,22H,11H2,1-3H3,(H,23,24). The van der Waals surface area contributed by atoms with Crippen molar-refractivity contribution in [3.05, 3.63) is 65.6 Å². The summed E-state index contributed by atoms with van der Waals surface area (Å²) < 4.78 is 23.9. The van der Waals surface area contributed by atoms with Crippen molar-refractivity contribution in [1.29, 1.82) is 0 Å². The normalized spacial score (nSPS) is 12.0. The second-order valence-corrected chi connectivity index (χ2v) is 5.99. The molecule has 0 aliphatic rings. The quantitative estimate of drug-likeness (QED) is 0.670. The van der Waals surface area contributed by atoms with Gasteiger partial charge in [0.25, 0.3) is 0 Å². The van der Waals surface area contributed by atoms with E-state index in [1.54, 1.807) is 32.5 Å². The first-order chi connectivity index (χ1) is 12.6. The highest BCUT2D eigenvalue weighted by atomic mass is 19.1. The lowest BCUT2D eigenvalue weighted by molar-refractivity contribution is 0.391. The van der Waals surface area contributed by atoms with Crippen LogP contribution in [0.5, 0.6) is 11.5 Å². The van der Waals surface area contributed by atoms with Gasteiger partial charge in [-0.3, -0.25) is 5.10 Å². The molecule has 1 atom stereocenters. The number of ether oxygens (including phenoxy) is 2. The summed E-state index contributed by atoms with van der Waals surface area (Å²) in [5, 5.41) is 10.6. The molecule has 0 spiro atoms. The smallest absolute Gasteiger partial charge is 0.123 e. The van der Waals surface area contributed by atoms with E-state index < -0.39 is 0 Å². The van der Waals surface area contributed by atoms with E-state index in [2.05, 4.69) is 22.4 Å². The number of benzene rings is 2. The van der Waals surface area contributed by atoms with Crippen LogP contribution in [0.3, 0.4) is 0 Å². The molecule has 0 fully saturated rings. The third kappa shape index (κ3) is 3.86. The number of nitrogens with zero attached hydrogens (tertiary/aromatic N) is 1. The summed E-state index contributed by atoms with van der Waals surface area (Å²) in [6.07, 6.45) is 1.78. The highest BCUT2D eigenvalue weighted by Gasteiger charge is 2.14. The molecule has 1 unspecified atom stereocenters. The van der Waals surface area contributed by atoms with E-state index in [4.69, 9.17) is 9.47 Å². The van der Waals surface area contributed by atoms with Crippen molar-refractivity contribution in [1.82, 2.24) is 15.5 Å². The Labute approximate surface area is 152 Å². The van der Waals surface area contributed by atoms with Crippen LogP contribution >= 0.6 is 0 Å². The Bertz CT molecular complexity index is 862. The summed E-state index contributed by atoms with van der Waals surface area (Å²) in [6, 6.07) is 12.1. The molecule has 0 radical (unpaired) electrons. The van der Waals surface area contributed by atoms with Gasteiger partial charge in [0.2, 0.25) is 0 Å². The van der Waals surface area contributed by atoms with Crippen molar-refractivity contribution in [3.63, 3.8) is 0 Å². The molecule has 0 aliphatic carbocycles. The van der Waals surface area contributed by atoms with E-state index in [9.17, 15) is 4.39 Å². The zero-order chi connectivity index (χ0) is 18.5. The van der Waals surface area contributed by atoms with Crippen molar-refractivity contribution in [2.75, 3.05) is 14.2 Å². The minimum Gasteiger partial charge on any atom is -0.497 e. The van der Waals surface area contributed by atoms with Crippen molar-refractivity contribution in [3.8, 4) is 22.8 Å². The number of aromatic amines is 1. The number of nitrogens with one attached hydrogen (secondary N) is 2. The Kier molecular flexibility index (Phi) is 5.53. The van der Waals surface area contributed by atoms with Crippen LogP contribution in [0, 0.1) is 5.82 Å². The number of hydrogen-bond donors (Lipinski definition) is 2. The maximum Gasteiger partial charge on any atom is 0.123 e. The molecule has 1 heterocycles. The Balaban J connectivity index is 1.76. The van der Waals surface area contributed by atoms with Gasteiger partial charge in [0.1, 0.15) is 17.3 Å². The molecule has 0 saturated carbocycles. The van der Waals surface area contributed by atoms with Crippen LogP contribution in [0.2, 0.25) is 0 Å². The first-order valence-corrected chi connectivity index (χ1v) is 8.36. The summed E-state index contributed by atoms with van der Waals surface area (Å²) in [4.78, 5) is 0. The molecule has 26 heavy (non-hydrogen) atoms. The van der Waals surface area contributed by atoms with Crippen LogP contribution in [0.15, 0.2) is 48.7 Å². The molecule has 0 saturated heterocycles. The second kappa shape index (κ2) is 8.01. The minimum atomic E-state index is -0.258. The molecule has 6 heteroatoms. The second-order valence-electron chi connectivity index (χ2n) is 5.99. The van der Waals surface area contributed by atoms with Gasteiger partial charge in [0.05, 0.1) is 26.1 Å². The number of aromatic nitrogens is 2. The molecule has 2 N–H and O–H groups in total. The summed E-state index contributed by atoms with van der Waals surface area (Å²) in [5.41, 5.74) is 3.79. The molecular weight excluding hydrogens is 333 g/mol. The van der Waals surface area contributed by atoms with Gasteiger partial charge in [-0.1, -0.05) is 0 Å². The molecule has 1 aromatic heterocycles. The highest BCUT2D eigenvalue weighted by Crippen LogP contribution is 2.30. The average Bonchev–Trinajstić information content (AvgIpc) is 3.14. The van der Waals surface area contributed by atoms with E-state index in [1.165, 1.54) is 12.1 Å². The van der Waals surface area contributed by atoms with Crippen LogP contribution in [0.4, 0.5) is 4.39 Å². The van der Waals surface area contributed by atoms with E-state index in [1.807, 2.05) is 18.2 Å². The summed E-state index contributed by atoms with van der Waals surface area (Å²) >= 11 is 0. The Hall–Kier alpha value is -2.86. The number of H-pyrrole nitrogens is 1. The molecule has 136 valence electrons. The maximum atomic E-state index is 13.1. The number of methoxy groups -OCH3 is 2. The first-order valence-electron chi connectivity index (χ1n) is 8.36. The fraction of sp³-hybridized carbons (Fsp3) is 0.250. The van der Waals surface area contributed by atoms with Gasteiger partial charge in [-0.05, 0) is 49.4 Å². The van der Waals surface area contributed by atoms with Crippen LogP contribution in [-0.4, -0.2) is 24.4 Å². The van der Waals surface area contributed by atoms with Crippen LogP contribution in [-0.2, 0) is 6.54 Å². The van der Waals surface area contributed by atoms with Crippen LogP contribution in [0.25, 0.3) is 11.3 Å². The van der Waals surface area contributed by atoms with Crippen LogP contribution < -0.4 is 14.8 Å². The summed E-state index contributed by atoms with van der Waals surface area (Å²) in [7, 11) is 3.30. The zero-order valence-corrected chi connectivity index (χ0v) is 15.0. The lowest BCUT2D eigenvalue weighted by Crippen LogP contribution is -2.19. The van der Waals surface area contributed by atoms with Gasteiger partial charge >= 0.3 is 0 Å². The molecule has 0 aliphatic heterocycles. The lowest BCUT2D eigenvalue weighted by Gasteiger charge is -2.18. The van der Waals surface area contributed by atoms with Crippen molar-refractivity contribution >= 4 is 0 Å². The fourth-order valence-corrected chi connectivity index (χ4v) is 2.86. The topological polar surface area (TPSA) is 59.2 Å². The number of halogens is 1. The van der Waals surface area contributed by atoms with Crippen molar-refractivity contribution < 1.29 is 13.9 Å². The molecule has 3 rings (SSSR count). The van der Waals surface area contributed by atoms with Crippen molar-refractivity contribution in [2.24, 2.45) is 0 Å². The van der Waals surface area contributed by atoms with Gasteiger partial charge in [0.15, 0.2) is 0 Å². The Morgan fingerprint density at radius 1 is 1.12 bits per heavy atom. The summed E-state index contributed by atoms with van der Waals surface area (Å²) in [6.45, 7) is 2.67.